The van der Waals surface area contributed by atoms with E-state index in [9.17, 15) is 9.90 Å². The topological polar surface area (TPSA) is 92.7 Å². The predicted molar refractivity (Wildman–Crippen MR) is 132 cm³/mol. The van der Waals surface area contributed by atoms with Crippen LogP contribution in [0.2, 0.25) is 0 Å². The van der Waals surface area contributed by atoms with Gasteiger partial charge in [-0.1, -0.05) is 50.1 Å². The van der Waals surface area contributed by atoms with Crippen LogP contribution in [0.1, 0.15) is 76.7 Å². The van der Waals surface area contributed by atoms with Crippen molar-refractivity contribution in [2.45, 2.75) is 119 Å². The van der Waals surface area contributed by atoms with E-state index in [0.717, 1.165) is 63.4 Å². The Morgan fingerprint density at radius 3 is 2.32 bits per heavy atom. The minimum atomic E-state index is -1.61. The molecule has 0 amide bonds. The summed E-state index contributed by atoms with van der Waals surface area (Å²) in [5.74, 6) is -2.07. The van der Waals surface area contributed by atoms with Crippen LogP contribution in [0.25, 0.3) is 0 Å². The third kappa shape index (κ3) is 4.97. The van der Waals surface area contributed by atoms with E-state index in [1.54, 1.807) is 0 Å². The van der Waals surface area contributed by atoms with E-state index >= 15 is 0 Å². The maximum absolute atomic E-state index is 13.0. The summed E-state index contributed by atoms with van der Waals surface area (Å²) in [5.41, 5.74) is -0.545. The number of benzene rings is 1. The first-order valence-corrected chi connectivity index (χ1v) is 14.2. The highest BCUT2D eigenvalue weighted by atomic mass is 16.8. The van der Waals surface area contributed by atoms with E-state index in [2.05, 4.69) is 0 Å². The van der Waals surface area contributed by atoms with Crippen LogP contribution in [0.3, 0.4) is 0 Å². The summed E-state index contributed by atoms with van der Waals surface area (Å²) in [7, 11) is 0. The molecular formula is C29H40O8. The summed E-state index contributed by atoms with van der Waals surface area (Å²) < 4.78 is 37.5. The van der Waals surface area contributed by atoms with Gasteiger partial charge >= 0.3 is 5.97 Å². The van der Waals surface area contributed by atoms with Gasteiger partial charge in [-0.25, -0.2) is 0 Å². The van der Waals surface area contributed by atoms with Gasteiger partial charge in [0, 0.05) is 25.7 Å². The van der Waals surface area contributed by atoms with Crippen molar-refractivity contribution in [3.8, 4) is 0 Å². The van der Waals surface area contributed by atoms with Crippen molar-refractivity contribution < 1.29 is 38.3 Å². The Bertz CT molecular complexity index is 940. The lowest BCUT2D eigenvalue weighted by Crippen LogP contribution is -2.57. The largest absolute Gasteiger partial charge is 0.462 e. The molecule has 3 aliphatic heterocycles. The molecule has 5 aliphatic rings. The van der Waals surface area contributed by atoms with Gasteiger partial charge in [0.2, 0.25) is 0 Å². The number of aliphatic hydroxyl groups is 1. The molecule has 3 heterocycles. The van der Waals surface area contributed by atoms with Crippen molar-refractivity contribution in [1.82, 2.24) is 0 Å². The van der Waals surface area contributed by atoms with E-state index in [0.29, 0.717) is 13.0 Å². The van der Waals surface area contributed by atoms with Crippen LogP contribution in [-0.2, 0) is 39.6 Å². The highest BCUT2D eigenvalue weighted by molar-refractivity contribution is 5.72. The van der Waals surface area contributed by atoms with Crippen molar-refractivity contribution in [3.63, 3.8) is 0 Å². The molecule has 1 aromatic carbocycles. The Kier molecular flexibility index (Phi) is 7.09. The summed E-state index contributed by atoms with van der Waals surface area (Å²) in [5, 5.41) is 12.2. The zero-order valence-electron chi connectivity index (χ0n) is 21.8. The van der Waals surface area contributed by atoms with Crippen molar-refractivity contribution in [3.05, 3.63) is 35.9 Å². The van der Waals surface area contributed by atoms with Crippen molar-refractivity contribution in [2.75, 3.05) is 13.2 Å². The van der Waals surface area contributed by atoms with Gasteiger partial charge < -0.3 is 33.5 Å². The number of carbonyl (C=O) groups is 1. The molecule has 1 aromatic rings. The molecule has 0 radical (unpaired) electrons. The third-order valence-electron chi connectivity index (χ3n) is 8.86. The SMILES string of the molecule is C[C@H](Cc1ccccc1)C(=O)OC[C@]1(O)[C@@H]([C@@H]2COC3(CCCCC3)O2)O[C@@H]2OC3(CCCCC3)O[C@@H]21. The lowest BCUT2D eigenvalue weighted by atomic mass is 9.89. The molecule has 0 aromatic heterocycles. The van der Waals surface area contributed by atoms with Crippen LogP contribution in [0, 0.1) is 5.92 Å². The van der Waals surface area contributed by atoms with E-state index in [4.69, 9.17) is 28.4 Å². The van der Waals surface area contributed by atoms with Crippen LogP contribution in [0.15, 0.2) is 30.3 Å². The number of hydrogen-bond donors (Lipinski definition) is 1. The van der Waals surface area contributed by atoms with Gasteiger partial charge in [-0.15, -0.1) is 0 Å². The summed E-state index contributed by atoms with van der Waals surface area (Å²) in [6.45, 7) is 1.91. The smallest absolute Gasteiger partial charge is 0.309 e. The maximum Gasteiger partial charge on any atom is 0.309 e. The number of hydrogen-bond acceptors (Lipinski definition) is 8. The lowest BCUT2D eigenvalue weighted by molar-refractivity contribution is -0.276. The second kappa shape index (κ2) is 10.2. The minimum Gasteiger partial charge on any atom is -0.462 e. The first-order valence-electron chi connectivity index (χ1n) is 14.2. The Labute approximate surface area is 218 Å². The molecule has 2 aliphatic carbocycles. The maximum atomic E-state index is 13.0. The van der Waals surface area contributed by atoms with Crippen LogP contribution in [-0.4, -0.2) is 66.1 Å². The van der Waals surface area contributed by atoms with Crippen LogP contribution >= 0.6 is 0 Å². The minimum absolute atomic E-state index is 0.247. The lowest BCUT2D eigenvalue weighted by Gasteiger charge is -2.39. The monoisotopic (exact) mass is 516 g/mol. The predicted octanol–water partition coefficient (Wildman–Crippen LogP) is 4.02. The Hall–Kier alpha value is -1.55. The highest BCUT2D eigenvalue weighted by Gasteiger charge is 2.68. The van der Waals surface area contributed by atoms with Crippen LogP contribution in [0.5, 0.6) is 0 Å². The zero-order chi connectivity index (χ0) is 25.5. The van der Waals surface area contributed by atoms with Gasteiger partial charge in [0.25, 0.3) is 0 Å². The van der Waals surface area contributed by atoms with Gasteiger partial charge in [-0.3, -0.25) is 4.79 Å². The summed E-state index contributed by atoms with van der Waals surface area (Å²) in [4.78, 5) is 13.0. The Morgan fingerprint density at radius 1 is 0.946 bits per heavy atom. The standard InChI is InChI=1S/C29H40O8/c1-20(17-21-11-5-2-6-12-21)25(30)32-19-29(31)23(22-18-33-27(35-22)13-7-3-8-14-27)34-26-24(29)36-28(37-26)15-9-4-10-16-28/h2,5-6,11-12,20,22-24,26,31H,3-4,7-10,13-19H2,1H3/t20-,22+,23-,24+,26-,29+/m1/s1. The Balaban J connectivity index is 1.18. The van der Waals surface area contributed by atoms with E-state index in [1.807, 2.05) is 37.3 Å². The van der Waals surface area contributed by atoms with Crippen molar-refractivity contribution in [1.29, 1.82) is 0 Å². The number of esters is 1. The van der Waals surface area contributed by atoms with Gasteiger partial charge in [0.15, 0.2) is 23.5 Å². The van der Waals surface area contributed by atoms with Gasteiger partial charge in [0.05, 0.1) is 12.5 Å². The molecule has 6 rings (SSSR count). The van der Waals surface area contributed by atoms with E-state index < -0.39 is 41.8 Å². The molecule has 1 N–H and O–H groups in total. The molecule has 0 unspecified atom stereocenters. The normalized spacial score (nSPS) is 37.0. The molecule has 3 saturated heterocycles. The van der Waals surface area contributed by atoms with Gasteiger partial charge in [0.1, 0.15) is 24.9 Å². The average molecular weight is 517 g/mol. The quantitative estimate of drug-likeness (QED) is 0.567. The summed E-state index contributed by atoms with van der Waals surface area (Å²) >= 11 is 0. The third-order valence-corrected chi connectivity index (χ3v) is 8.86. The fourth-order valence-corrected chi connectivity index (χ4v) is 6.81. The first kappa shape index (κ1) is 25.7. The molecule has 37 heavy (non-hydrogen) atoms. The van der Waals surface area contributed by atoms with Crippen molar-refractivity contribution in [2.24, 2.45) is 5.92 Å². The van der Waals surface area contributed by atoms with E-state index in [1.165, 1.54) is 6.42 Å². The number of carbonyl (C=O) groups excluding carboxylic acids is 1. The van der Waals surface area contributed by atoms with Gasteiger partial charge in [-0.2, -0.15) is 0 Å². The molecule has 5 fully saturated rings. The molecule has 8 nitrogen and oxygen atoms in total. The fraction of sp³-hybridized carbons (Fsp3) is 0.759. The molecule has 6 atom stereocenters. The molecule has 204 valence electrons. The van der Waals surface area contributed by atoms with E-state index in [-0.39, 0.29) is 18.5 Å². The van der Waals surface area contributed by atoms with Crippen LogP contribution < -0.4 is 0 Å². The molecule has 2 spiro atoms. The molecule has 8 heteroatoms. The molecule has 2 saturated carbocycles. The Morgan fingerprint density at radius 2 is 1.62 bits per heavy atom. The summed E-state index contributed by atoms with van der Waals surface area (Å²) in [6.07, 6.45) is 7.43. The first-order chi connectivity index (χ1) is 17.9. The molecule has 0 bridgehead atoms. The van der Waals surface area contributed by atoms with Gasteiger partial charge in [-0.05, 0) is 37.7 Å². The second-order valence-electron chi connectivity index (χ2n) is 11.7. The fourth-order valence-electron chi connectivity index (χ4n) is 6.81. The number of fused-ring (bicyclic) bond motifs is 1. The van der Waals surface area contributed by atoms with Crippen molar-refractivity contribution >= 4 is 5.97 Å². The average Bonchev–Trinajstić information content (AvgIpc) is 3.55. The zero-order valence-corrected chi connectivity index (χ0v) is 21.8. The van der Waals surface area contributed by atoms with Crippen LogP contribution in [0.4, 0.5) is 0 Å². The highest BCUT2D eigenvalue weighted by Crippen LogP contribution is 2.51. The molecular weight excluding hydrogens is 476 g/mol. The number of ether oxygens (including phenoxy) is 6. The summed E-state index contributed by atoms with van der Waals surface area (Å²) in [6, 6.07) is 9.85. The second-order valence-corrected chi connectivity index (χ2v) is 11.7. The number of rotatable bonds is 6.